The van der Waals surface area contributed by atoms with Gasteiger partial charge < -0.3 is 14.7 Å². The number of nitrogens with zero attached hydrogens (tertiary/aromatic N) is 3. The van der Waals surface area contributed by atoms with Gasteiger partial charge >= 0.3 is 0 Å². The van der Waals surface area contributed by atoms with E-state index in [1.165, 1.54) is 45.6 Å². The largest absolute Gasteiger partial charge is 0.304 e. The minimum Gasteiger partial charge on any atom is -0.304 e. The van der Waals surface area contributed by atoms with Crippen LogP contribution in [0.2, 0.25) is 0 Å². The van der Waals surface area contributed by atoms with Crippen molar-refractivity contribution in [2.75, 3.05) is 46.8 Å². The van der Waals surface area contributed by atoms with Crippen LogP contribution in [0.15, 0.2) is 0 Å². The normalized spacial score (nSPS) is 45.9. The van der Waals surface area contributed by atoms with Crippen molar-refractivity contribution in [2.24, 2.45) is 5.41 Å². The van der Waals surface area contributed by atoms with Gasteiger partial charge in [0.25, 0.3) is 0 Å². The van der Waals surface area contributed by atoms with E-state index in [2.05, 4.69) is 35.7 Å². The minimum absolute atomic E-state index is 0.685. The first-order valence-electron chi connectivity index (χ1n) is 6.74. The van der Waals surface area contributed by atoms with Crippen LogP contribution in [0.25, 0.3) is 0 Å². The van der Waals surface area contributed by atoms with Crippen molar-refractivity contribution < 1.29 is 0 Å². The van der Waals surface area contributed by atoms with E-state index in [0.717, 1.165) is 12.1 Å². The van der Waals surface area contributed by atoms with Crippen LogP contribution in [0.1, 0.15) is 19.8 Å². The summed E-state index contributed by atoms with van der Waals surface area (Å²) >= 11 is 0. The molecule has 2 saturated heterocycles. The Bertz CT molecular complexity index is 272. The van der Waals surface area contributed by atoms with Crippen LogP contribution < -0.4 is 0 Å². The molecule has 0 bridgehead atoms. The Morgan fingerprint density at radius 3 is 2.31 bits per heavy atom. The average Bonchev–Trinajstić information content (AvgIpc) is 2.89. The van der Waals surface area contributed by atoms with Gasteiger partial charge in [-0.3, -0.25) is 0 Å². The zero-order valence-electron chi connectivity index (χ0n) is 10.9. The highest BCUT2D eigenvalue weighted by molar-refractivity contribution is 5.16. The third-order valence-electron chi connectivity index (χ3n) is 5.17. The summed E-state index contributed by atoms with van der Waals surface area (Å²) in [6.07, 6.45) is 2.89. The third kappa shape index (κ3) is 1.69. The Hall–Kier alpha value is -0.120. The molecule has 3 heteroatoms. The van der Waals surface area contributed by atoms with Crippen molar-refractivity contribution in [1.29, 1.82) is 0 Å². The maximum Gasteiger partial charge on any atom is 0.0171 e. The lowest BCUT2D eigenvalue weighted by Crippen LogP contribution is -2.46. The van der Waals surface area contributed by atoms with Gasteiger partial charge in [-0.1, -0.05) is 0 Å². The fraction of sp³-hybridized carbons (Fsp3) is 1.00. The molecular formula is C13H25N3. The summed E-state index contributed by atoms with van der Waals surface area (Å²) in [5, 5.41) is 0. The number of hydrogen-bond donors (Lipinski definition) is 0. The van der Waals surface area contributed by atoms with E-state index in [1.54, 1.807) is 0 Å². The van der Waals surface area contributed by atoms with Crippen LogP contribution in [-0.4, -0.2) is 73.6 Å². The summed E-state index contributed by atoms with van der Waals surface area (Å²) in [5.74, 6) is 0. The lowest BCUT2D eigenvalue weighted by Gasteiger charge is -2.34. The smallest absolute Gasteiger partial charge is 0.0171 e. The quantitative estimate of drug-likeness (QED) is 0.683. The van der Waals surface area contributed by atoms with E-state index in [4.69, 9.17) is 0 Å². The predicted molar refractivity (Wildman–Crippen MR) is 66.6 cm³/mol. The Labute approximate surface area is 99.4 Å². The second-order valence-corrected chi connectivity index (χ2v) is 6.38. The predicted octanol–water partition coefficient (Wildman–Crippen LogP) is 0.717. The average molecular weight is 223 g/mol. The summed E-state index contributed by atoms with van der Waals surface area (Å²) in [7, 11) is 4.55. The fourth-order valence-electron chi connectivity index (χ4n) is 3.85. The van der Waals surface area contributed by atoms with Crippen LogP contribution >= 0.6 is 0 Å². The molecule has 0 aromatic rings. The van der Waals surface area contributed by atoms with Gasteiger partial charge in [-0.15, -0.1) is 0 Å². The van der Waals surface area contributed by atoms with E-state index >= 15 is 0 Å². The standard InChI is InChI=1S/C13H25N3/c1-11-8-13(9-12(13)15(11)3)10-16-6-4-14(2)5-7-16/h11-12H,4-10H2,1-3H3. The van der Waals surface area contributed by atoms with Gasteiger partial charge in [0, 0.05) is 50.2 Å². The second-order valence-electron chi connectivity index (χ2n) is 6.38. The molecule has 0 aromatic heterocycles. The number of likely N-dealkylation sites (tertiary alicyclic amines) is 1. The van der Waals surface area contributed by atoms with E-state index in [9.17, 15) is 0 Å². The molecule has 3 atom stereocenters. The molecule has 2 heterocycles. The Balaban J connectivity index is 1.57. The molecule has 1 aliphatic carbocycles. The van der Waals surface area contributed by atoms with Gasteiger partial charge in [0.05, 0.1) is 0 Å². The molecule has 0 aromatic carbocycles. The molecule has 3 rings (SSSR count). The maximum atomic E-state index is 2.70. The molecule has 3 aliphatic rings. The van der Waals surface area contributed by atoms with Gasteiger partial charge in [0.2, 0.25) is 0 Å². The molecule has 3 fully saturated rings. The second kappa shape index (κ2) is 3.69. The van der Waals surface area contributed by atoms with Crippen LogP contribution in [-0.2, 0) is 0 Å². The van der Waals surface area contributed by atoms with Crippen molar-refractivity contribution in [3.05, 3.63) is 0 Å². The summed E-state index contributed by atoms with van der Waals surface area (Å²) < 4.78 is 0. The first kappa shape index (κ1) is 11.0. The monoisotopic (exact) mass is 223 g/mol. The zero-order valence-corrected chi connectivity index (χ0v) is 10.9. The Kier molecular flexibility index (Phi) is 2.54. The van der Waals surface area contributed by atoms with Gasteiger partial charge in [0.1, 0.15) is 0 Å². The van der Waals surface area contributed by atoms with Gasteiger partial charge in [-0.25, -0.2) is 0 Å². The zero-order chi connectivity index (χ0) is 11.3. The van der Waals surface area contributed by atoms with Gasteiger partial charge in [-0.2, -0.15) is 0 Å². The summed E-state index contributed by atoms with van der Waals surface area (Å²) in [6.45, 7) is 8.82. The SMILES string of the molecule is CC1CC2(CN3CCN(C)CC3)CC2N1C. The highest BCUT2D eigenvalue weighted by atomic mass is 15.3. The lowest BCUT2D eigenvalue weighted by molar-refractivity contribution is 0.129. The highest BCUT2D eigenvalue weighted by Gasteiger charge is 2.62. The van der Waals surface area contributed by atoms with E-state index < -0.39 is 0 Å². The topological polar surface area (TPSA) is 9.72 Å². The molecule has 0 N–H and O–H groups in total. The summed E-state index contributed by atoms with van der Waals surface area (Å²) in [4.78, 5) is 7.75. The van der Waals surface area contributed by atoms with E-state index in [-0.39, 0.29) is 0 Å². The molecule has 3 nitrogen and oxygen atoms in total. The molecule has 1 saturated carbocycles. The van der Waals surface area contributed by atoms with Gasteiger partial charge in [-0.05, 0) is 33.9 Å². The fourth-order valence-corrected chi connectivity index (χ4v) is 3.85. The van der Waals surface area contributed by atoms with Crippen molar-refractivity contribution >= 4 is 0 Å². The number of rotatable bonds is 2. The van der Waals surface area contributed by atoms with Gasteiger partial charge in [0.15, 0.2) is 0 Å². The van der Waals surface area contributed by atoms with Crippen LogP contribution in [0.4, 0.5) is 0 Å². The Morgan fingerprint density at radius 2 is 1.75 bits per heavy atom. The summed E-state index contributed by atoms with van der Waals surface area (Å²) in [5.41, 5.74) is 0.685. The number of fused-ring (bicyclic) bond motifs is 1. The number of piperidine rings is 1. The molecule has 0 spiro atoms. The molecular weight excluding hydrogens is 198 g/mol. The summed E-state index contributed by atoms with van der Waals surface area (Å²) in [6, 6.07) is 1.72. The first-order valence-corrected chi connectivity index (χ1v) is 6.74. The van der Waals surface area contributed by atoms with Crippen molar-refractivity contribution in [3.63, 3.8) is 0 Å². The van der Waals surface area contributed by atoms with Crippen molar-refractivity contribution in [1.82, 2.24) is 14.7 Å². The number of piperazine rings is 1. The molecule has 2 aliphatic heterocycles. The lowest BCUT2D eigenvalue weighted by atomic mass is 9.99. The number of likely N-dealkylation sites (N-methyl/N-ethyl adjacent to an activating group) is 1. The molecule has 92 valence electrons. The van der Waals surface area contributed by atoms with Crippen molar-refractivity contribution in [2.45, 2.75) is 31.8 Å². The molecule has 16 heavy (non-hydrogen) atoms. The minimum atomic E-state index is 0.685. The van der Waals surface area contributed by atoms with Crippen LogP contribution in [0.5, 0.6) is 0 Å². The highest BCUT2D eigenvalue weighted by Crippen LogP contribution is 2.59. The maximum absolute atomic E-state index is 2.70. The molecule has 0 amide bonds. The Morgan fingerprint density at radius 1 is 1.06 bits per heavy atom. The van der Waals surface area contributed by atoms with Crippen LogP contribution in [0.3, 0.4) is 0 Å². The third-order valence-corrected chi connectivity index (χ3v) is 5.17. The van der Waals surface area contributed by atoms with Crippen molar-refractivity contribution in [3.8, 4) is 0 Å². The van der Waals surface area contributed by atoms with Crippen LogP contribution in [0, 0.1) is 5.41 Å². The number of hydrogen-bond acceptors (Lipinski definition) is 3. The van der Waals surface area contributed by atoms with E-state index in [0.29, 0.717) is 5.41 Å². The van der Waals surface area contributed by atoms with E-state index in [1.807, 2.05) is 0 Å². The molecule has 3 unspecified atom stereocenters. The first-order chi connectivity index (χ1) is 7.61. The molecule has 0 radical (unpaired) electrons.